The van der Waals surface area contributed by atoms with Crippen LogP contribution in [0.2, 0.25) is 0 Å². The Morgan fingerprint density at radius 2 is 1.90 bits per heavy atom. The Morgan fingerprint density at radius 1 is 1.19 bits per heavy atom. The lowest BCUT2D eigenvalue weighted by atomic mass is 10.0. The zero-order valence-corrected chi connectivity index (χ0v) is 14.1. The minimum absolute atomic E-state index is 0.0312. The molecule has 21 heavy (non-hydrogen) atoms. The van der Waals surface area contributed by atoms with Gasteiger partial charge in [-0.25, -0.2) is 4.98 Å². The number of rotatable bonds is 6. The van der Waals surface area contributed by atoms with Gasteiger partial charge in [-0.05, 0) is 36.0 Å². The average Bonchev–Trinajstić information content (AvgIpc) is 2.76. The molecule has 0 bridgehead atoms. The normalized spacial score (nSPS) is 13.5. The zero-order chi connectivity index (χ0) is 15.6. The molecular formula is C18H29N3. The van der Waals surface area contributed by atoms with Gasteiger partial charge in [-0.3, -0.25) is 0 Å². The van der Waals surface area contributed by atoms with E-state index < -0.39 is 0 Å². The summed E-state index contributed by atoms with van der Waals surface area (Å²) in [5, 5.41) is 0. The summed E-state index contributed by atoms with van der Waals surface area (Å²) in [7, 11) is 0. The van der Waals surface area contributed by atoms with Gasteiger partial charge in [0.25, 0.3) is 0 Å². The molecule has 0 spiro atoms. The Morgan fingerprint density at radius 3 is 2.48 bits per heavy atom. The first-order valence-corrected chi connectivity index (χ1v) is 8.19. The van der Waals surface area contributed by atoms with E-state index in [4.69, 9.17) is 10.7 Å². The Hall–Kier alpha value is -1.35. The highest BCUT2D eigenvalue weighted by Gasteiger charge is 2.17. The summed E-state index contributed by atoms with van der Waals surface area (Å²) in [5.74, 6) is 2.15. The summed E-state index contributed by atoms with van der Waals surface area (Å²) >= 11 is 0. The molecule has 0 saturated heterocycles. The van der Waals surface area contributed by atoms with Crippen molar-refractivity contribution in [3.63, 3.8) is 0 Å². The number of hydrogen-bond acceptors (Lipinski definition) is 2. The van der Waals surface area contributed by atoms with Crippen molar-refractivity contribution in [1.82, 2.24) is 9.55 Å². The van der Waals surface area contributed by atoms with E-state index >= 15 is 0 Å². The summed E-state index contributed by atoms with van der Waals surface area (Å²) < 4.78 is 2.32. The van der Waals surface area contributed by atoms with E-state index in [-0.39, 0.29) is 6.04 Å². The highest BCUT2D eigenvalue weighted by atomic mass is 15.1. The third-order valence-electron chi connectivity index (χ3n) is 3.95. The molecule has 116 valence electrons. The highest BCUT2D eigenvalue weighted by Crippen LogP contribution is 2.26. The maximum atomic E-state index is 6.36. The number of fused-ring (bicyclic) bond motifs is 1. The van der Waals surface area contributed by atoms with Gasteiger partial charge in [-0.2, -0.15) is 0 Å². The molecule has 0 radical (unpaired) electrons. The second-order valence-electron chi connectivity index (χ2n) is 6.77. The third kappa shape index (κ3) is 3.46. The molecule has 0 amide bonds. The summed E-state index contributed by atoms with van der Waals surface area (Å²) in [6.45, 7) is 12.1. The molecule has 0 fully saturated rings. The Balaban J connectivity index is 2.54. The molecule has 2 N–H and O–H groups in total. The van der Waals surface area contributed by atoms with Crippen LogP contribution < -0.4 is 5.73 Å². The summed E-state index contributed by atoms with van der Waals surface area (Å²) in [4.78, 5) is 4.87. The number of nitrogens with two attached hydrogens (primary N) is 1. The van der Waals surface area contributed by atoms with Crippen LogP contribution in [0.25, 0.3) is 11.0 Å². The predicted molar refractivity (Wildman–Crippen MR) is 90.5 cm³/mol. The van der Waals surface area contributed by atoms with Crippen LogP contribution in [0.15, 0.2) is 18.2 Å². The number of nitrogens with zero attached hydrogens (tertiary/aromatic N) is 2. The van der Waals surface area contributed by atoms with Gasteiger partial charge in [0.05, 0.1) is 17.1 Å². The van der Waals surface area contributed by atoms with Crippen molar-refractivity contribution >= 4 is 11.0 Å². The molecule has 1 unspecified atom stereocenters. The largest absolute Gasteiger partial charge is 0.326 e. The molecule has 1 aromatic carbocycles. The molecule has 3 heteroatoms. The molecule has 3 nitrogen and oxygen atoms in total. The van der Waals surface area contributed by atoms with E-state index in [2.05, 4.69) is 57.4 Å². The maximum Gasteiger partial charge on any atom is 0.126 e. The van der Waals surface area contributed by atoms with Crippen molar-refractivity contribution in [3.8, 4) is 0 Å². The van der Waals surface area contributed by atoms with Gasteiger partial charge in [-0.15, -0.1) is 0 Å². The third-order valence-corrected chi connectivity index (χ3v) is 3.95. The number of imidazole rings is 1. The highest BCUT2D eigenvalue weighted by molar-refractivity contribution is 5.77. The van der Waals surface area contributed by atoms with Crippen LogP contribution in [-0.4, -0.2) is 9.55 Å². The molecule has 0 aliphatic carbocycles. The lowest BCUT2D eigenvalue weighted by Gasteiger charge is -2.16. The first-order valence-electron chi connectivity index (χ1n) is 8.19. The second-order valence-corrected chi connectivity index (χ2v) is 6.77. The summed E-state index contributed by atoms with van der Waals surface area (Å²) in [5.41, 5.74) is 10.0. The number of benzene rings is 1. The van der Waals surface area contributed by atoms with E-state index in [1.807, 2.05) is 0 Å². The van der Waals surface area contributed by atoms with E-state index in [0.29, 0.717) is 11.8 Å². The molecule has 1 heterocycles. The summed E-state index contributed by atoms with van der Waals surface area (Å²) in [6.07, 6.45) is 2.07. The van der Waals surface area contributed by atoms with Crippen molar-refractivity contribution in [2.45, 2.75) is 66.0 Å². The SMILES string of the molecule is CCCC(N)c1nc2cc(C(C)C)ccc2n1CC(C)C. The van der Waals surface area contributed by atoms with Gasteiger partial charge in [0.1, 0.15) is 5.82 Å². The predicted octanol–water partition coefficient (Wildman–Crippen LogP) is 4.62. The van der Waals surface area contributed by atoms with Crippen LogP contribution in [-0.2, 0) is 6.54 Å². The molecule has 0 saturated carbocycles. The molecule has 2 rings (SSSR count). The van der Waals surface area contributed by atoms with E-state index in [0.717, 1.165) is 30.7 Å². The fourth-order valence-corrected chi connectivity index (χ4v) is 2.80. The average molecular weight is 287 g/mol. The summed E-state index contributed by atoms with van der Waals surface area (Å²) in [6, 6.07) is 6.69. The molecular weight excluding hydrogens is 258 g/mol. The first-order chi connectivity index (χ1) is 9.93. The standard InChI is InChI=1S/C18H29N3/c1-6-7-15(19)18-20-16-10-14(13(4)5)8-9-17(16)21(18)11-12(2)3/h8-10,12-13,15H,6-7,11,19H2,1-5H3. The minimum atomic E-state index is 0.0312. The fraction of sp³-hybridized carbons (Fsp3) is 0.611. The van der Waals surface area contributed by atoms with Crippen molar-refractivity contribution in [2.75, 3.05) is 0 Å². The smallest absolute Gasteiger partial charge is 0.126 e. The van der Waals surface area contributed by atoms with E-state index in [9.17, 15) is 0 Å². The molecule has 0 aliphatic rings. The van der Waals surface area contributed by atoms with Gasteiger partial charge in [0, 0.05) is 6.54 Å². The quantitative estimate of drug-likeness (QED) is 0.842. The topological polar surface area (TPSA) is 43.8 Å². The van der Waals surface area contributed by atoms with Gasteiger partial charge in [0.15, 0.2) is 0 Å². The number of hydrogen-bond donors (Lipinski definition) is 1. The van der Waals surface area contributed by atoms with Crippen molar-refractivity contribution in [3.05, 3.63) is 29.6 Å². The van der Waals surface area contributed by atoms with Gasteiger partial charge >= 0.3 is 0 Å². The Bertz CT molecular complexity index is 596. The number of aromatic nitrogens is 2. The molecule has 0 aliphatic heterocycles. The van der Waals surface area contributed by atoms with E-state index in [1.165, 1.54) is 11.1 Å². The minimum Gasteiger partial charge on any atom is -0.326 e. The second kappa shape index (κ2) is 6.61. The van der Waals surface area contributed by atoms with Crippen LogP contribution in [0.4, 0.5) is 0 Å². The monoisotopic (exact) mass is 287 g/mol. The van der Waals surface area contributed by atoms with Gasteiger partial charge in [0.2, 0.25) is 0 Å². The van der Waals surface area contributed by atoms with Crippen LogP contribution in [0.1, 0.15) is 70.8 Å². The van der Waals surface area contributed by atoms with Crippen LogP contribution in [0, 0.1) is 5.92 Å². The van der Waals surface area contributed by atoms with Crippen LogP contribution in [0.3, 0.4) is 0 Å². The van der Waals surface area contributed by atoms with Gasteiger partial charge < -0.3 is 10.3 Å². The van der Waals surface area contributed by atoms with Crippen LogP contribution >= 0.6 is 0 Å². The Labute approximate surface area is 128 Å². The lowest BCUT2D eigenvalue weighted by molar-refractivity contribution is 0.487. The van der Waals surface area contributed by atoms with Crippen LogP contribution in [0.5, 0.6) is 0 Å². The maximum absolute atomic E-state index is 6.36. The van der Waals surface area contributed by atoms with Crippen molar-refractivity contribution < 1.29 is 0 Å². The molecule has 1 atom stereocenters. The van der Waals surface area contributed by atoms with Crippen molar-refractivity contribution in [1.29, 1.82) is 0 Å². The van der Waals surface area contributed by atoms with Crippen molar-refractivity contribution in [2.24, 2.45) is 11.7 Å². The first kappa shape index (κ1) is 16.0. The Kier molecular flexibility index (Phi) is 5.04. The zero-order valence-electron chi connectivity index (χ0n) is 14.1. The lowest BCUT2D eigenvalue weighted by Crippen LogP contribution is -2.18. The fourth-order valence-electron chi connectivity index (χ4n) is 2.80. The molecule has 2 aromatic rings. The molecule has 1 aromatic heterocycles. The van der Waals surface area contributed by atoms with Gasteiger partial charge in [-0.1, -0.05) is 47.1 Å². The van der Waals surface area contributed by atoms with E-state index in [1.54, 1.807) is 0 Å².